The van der Waals surface area contributed by atoms with E-state index in [1.165, 1.54) is 0 Å². The lowest BCUT2D eigenvalue weighted by molar-refractivity contribution is -0.137. The summed E-state index contributed by atoms with van der Waals surface area (Å²) in [5.74, 6) is -5.89. The molecule has 0 saturated carbocycles. The third-order valence-corrected chi connectivity index (χ3v) is 8.38. The summed E-state index contributed by atoms with van der Waals surface area (Å²) in [7, 11) is 0. The second-order valence-corrected chi connectivity index (χ2v) is 12.7. The molecule has 1 saturated heterocycles. The van der Waals surface area contributed by atoms with E-state index in [4.69, 9.17) is 11.5 Å². The van der Waals surface area contributed by atoms with Crippen molar-refractivity contribution in [3.63, 3.8) is 0 Å². The second-order valence-electron chi connectivity index (χ2n) is 12.7. The Hall–Kier alpha value is -4.73. The molecule has 20 heteroatoms. The summed E-state index contributed by atoms with van der Waals surface area (Å²) in [4.78, 5) is 90.2. The van der Waals surface area contributed by atoms with Crippen molar-refractivity contribution in [1.29, 1.82) is 0 Å². The van der Waals surface area contributed by atoms with Gasteiger partial charge in [-0.1, -0.05) is 30.3 Å². The maximum atomic E-state index is 13.5. The predicted molar refractivity (Wildman–Crippen MR) is 188 cm³/mol. The monoisotopic (exact) mass is 751 g/mol. The second kappa shape index (κ2) is 23.0. The molecule has 1 fully saturated rings. The van der Waals surface area contributed by atoms with E-state index in [2.05, 4.69) is 37.2 Å². The smallest absolute Gasteiger partial charge is 0.245 e. The van der Waals surface area contributed by atoms with Gasteiger partial charge in [-0.15, -0.1) is 0 Å². The Kier molecular flexibility index (Phi) is 19.3. The van der Waals surface area contributed by atoms with Gasteiger partial charge in [-0.3, -0.25) is 33.6 Å². The van der Waals surface area contributed by atoms with Gasteiger partial charge in [0.05, 0.1) is 38.0 Å². The van der Waals surface area contributed by atoms with E-state index in [0.29, 0.717) is 6.42 Å². The normalized spacial score (nSPS) is 23.3. The Morgan fingerprint density at radius 1 is 0.925 bits per heavy atom. The van der Waals surface area contributed by atoms with E-state index in [-0.39, 0.29) is 45.2 Å². The van der Waals surface area contributed by atoms with Crippen LogP contribution < -0.4 is 48.7 Å². The predicted octanol–water partition coefficient (Wildman–Crippen LogP) is -6.14. The maximum Gasteiger partial charge on any atom is 0.245 e. The Balaban J connectivity index is 2.23. The van der Waals surface area contributed by atoms with Crippen LogP contribution >= 0.6 is 0 Å². The van der Waals surface area contributed by atoms with E-state index in [1.54, 1.807) is 12.1 Å². The molecule has 8 atom stereocenters. The van der Waals surface area contributed by atoms with Crippen LogP contribution in [-0.4, -0.2) is 143 Å². The van der Waals surface area contributed by atoms with Gasteiger partial charge in [0, 0.05) is 19.5 Å². The van der Waals surface area contributed by atoms with Gasteiger partial charge in [-0.05, 0) is 44.6 Å². The molecule has 15 N–H and O–H groups in total. The summed E-state index contributed by atoms with van der Waals surface area (Å²) >= 11 is 0. The molecule has 0 aromatic heterocycles. The molecular formula is C33H53N9O11. The summed E-state index contributed by atoms with van der Waals surface area (Å²) in [6, 6.07) is -0.138. The first-order valence-electron chi connectivity index (χ1n) is 17.3. The lowest BCUT2D eigenvalue weighted by atomic mass is 10.0. The fraction of sp³-hybridized carbons (Fsp3) is 0.606. The third-order valence-electron chi connectivity index (χ3n) is 8.38. The van der Waals surface area contributed by atoms with E-state index < -0.39 is 110 Å². The van der Waals surface area contributed by atoms with E-state index in [9.17, 15) is 54.0 Å². The fourth-order valence-electron chi connectivity index (χ4n) is 5.22. The minimum atomic E-state index is -1.72. The van der Waals surface area contributed by atoms with Crippen LogP contribution in [0.1, 0.15) is 44.6 Å². The minimum Gasteiger partial charge on any atom is -0.394 e. The van der Waals surface area contributed by atoms with Gasteiger partial charge in [0.15, 0.2) is 0 Å². The zero-order valence-electron chi connectivity index (χ0n) is 29.6. The molecule has 1 aliphatic rings. The van der Waals surface area contributed by atoms with Crippen molar-refractivity contribution in [3.05, 3.63) is 35.9 Å². The minimum absolute atomic E-state index is 0.0224. The largest absolute Gasteiger partial charge is 0.394 e. The van der Waals surface area contributed by atoms with Crippen LogP contribution in [0.3, 0.4) is 0 Å². The average Bonchev–Trinajstić information content (AvgIpc) is 3.13. The number of amides is 7. The van der Waals surface area contributed by atoms with Crippen molar-refractivity contribution in [2.45, 2.75) is 93.8 Å². The number of aliphatic hydroxyl groups is 4. The van der Waals surface area contributed by atoms with Gasteiger partial charge in [0.2, 0.25) is 41.4 Å². The number of rotatable bonds is 14. The van der Waals surface area contributed by atoms with Crippen molar-refractivity contribution in [2.24, 2.45) is 11.5 Å². The zero-order valence-corrected chi connectivity index (χ0v) is 29.6. The first-order chi connectivity index (χ1) is 25.2. The van der Waals surface area contributed by atoms with Crippen LogP contribution in [0.25, 0.3) is 0 Å². The topological polar surface area (TPSA) is 337 Å². The molecule has 1 aromatic rings. The van der Waals surface area contributed by atoms with Crippen LogP contribution in [0, 0.1) is 0 Å². The van der Waals surface area contributed by atoms with Crippen molar-refractivity contribution < 1.29 is 54.0 Å². The van der Waals surface area contributed by atoms with Crippen molar-refractivity contribution >= 4 is 41.4 Å². The van der Waals surface area contributed by atoms with Gasteiger partial charge in [0.1, 0.15) is 30.2 Å². The Bertz CT molecular complexity index is 1390. The van der Waals surface area contributed by atoms with Crippen LogP contribution in [-0.2, 0) is 40.0 Å². The number of hydrogen-bond acceptors (Lipinski definition) is 13. The van der Waals surface area contributed by atoms with Crippen molar-refractivity contribution in [3.8, 4) is 0 Å². The number of primary amides is 1. The molecule has 1 aromatic carbocycles. The van der Waals surface area contributed by atoms with Crippen molar-refractivity contribution in [2.75, 3.05) is 32.9 Å². The SMILES string of the molecule is CC(O)C1NC(=O)C(NC(=O)C(N)CO)CCC(=O)NCCCCC(C(=O)NC(CO)CNC(Cc2ccccc2)C(N)=O)NC(=O)C(CO)NC1=O. The van der Waals surface area contributed by atoms with Crippen LogP contribution in [0.15, 0.2) is 30.3 Å². The summed E-state index contributed by atoms with van der Waals surface area (Å²) in [5, 5.41) is 57.1. The first kappa shape index (κ1) is 44.4. The summed E-state index contributed by atoms with van der Waals surface area (Å²) in [6.07, 6.45) is -1.19. The zero-order chi connectivity index (χ0) is 39.5. The molecule has 1 heterocycles. The summed E-state index contributed by atoms with van der Waals surface area (Å²) in [6.45, 7) is -1.02. The highest BCUT2D eigenvalue weighted by Crippen LogP contribution is 2.07. The van der Waals surface area contributed by atoms with Crippen LogP contribution in [0.4, 0.5) is 0 Å². The van der Waals surface area contributed by atoms with Crippen LogP contribution in [0.5, 0.6) is 0 Å². The molecule has 0 radical (unpaired) electrons. The van der Waals surface area contributed by atoms with Gasteiger partial charge < -0.3 is 69.1 Å². The number of nitrogens with two attached hydrogens (primary N) is 2. The molecule has 20 nitrogen and oxygen atoms in total. The molecule has 0 bridgehead atoms. The maximum absolute atomic E-state index is 13.5. The highest BCUT2D eigenvalue weighted by Gasteiger charge is 2.34. The summed E-state index contributed by atoms with van der Waals surface area (Å²) < 4.78 is 0. The third kappa shape index (κ3) is 15.4. The fourth-order valence-corrected chi connectivity index (χ4v) is 5.22. The molecule has 296 valence electrons. The van der Waals surface area contributed by atoms with E-state index >= 15 is 0 Å². The highest BCUT2D eigenvalue weighted by atomic mass is 16.3. The molecule has 53 heavy (non-hydrogen) atoms. The van der Waals surface area contributed by atoms with Gasteiger partial charge in [0.25, 0.3) is 0 Å². The molecule has 7 amide bonds. The first-order valence-corrected chi connectivity index (χ1v) is 17.3. The standard InChI is InChI=1S/C33H53N9O11/c1-18(46)27-33(53)41-25(17-45)32(52)40-22(30(50)38-20(15-43)14-37-24(28(35)48)13-19-7-3-2-4-8-19)9-5-6-12-36-26(47)11-10-23(31(51)42-27)39-29(49)21(34)16-44/h2-4,7-8,18,20-25,27,37,43-46H,5-6,9-17,34H2,1H3,(H2,35,48)(H,36,47)(H,38,50)(H,39,49)(H,40,52)(H,41,53)(H,42,51). The number of carbonyl (C=O) groups excluding carboxylic acids is 7. The number of benzene rings is 1. The Morgan fingerprint density at radius 3 is 2.23 bits per heavy atom. The van der Waals surface area contributed by atoms with Gasteiger partial charge in [-0.25, -0.2) is 0 Å². The highest BCUT2D eigenvalue weighted by molar-refractivity contribution is 5.96. The lowest BCUT2D eigenvalue weighted by Gasteiger charge is -2.28. The van der Waals surface area contributed by atoms with E-state index in [1.807, 2.05) is 18.2 Å². The average molecular weight is 752 g/mol. The molecule has 8 unspecified atom stereocenters. The Morgan fingerprint density at radius 2 is 1.62 bits per heavy atom. The number of hydrogen-bond donors (Lipinski definition) is 13. The number of aliphatic hydroxyl groups excluding tert-OH is 4. The summed E-state index contributed by atoms with van der Waals surface area (Å²) in [5.41, 5.74) is 11.9. The lowest BCUT2D eigenvalue weighted by Crippen LogP contribution is -2.62. The number of nitrogens with one attached hydrogen (secondary N) is 7. The van der Waals surface area contributed by atoms with Crippen LogP contribution in [0.2, 0.25) is 0 Å². The molecule has 0 spiro atoms. The number of carbonyl (C=O) groups is 7. The Labute approximate surface area is 306 Å². The van der Waals surface area contributed by atoms with Gasteiger partial charge in [-0.2, -0.15) is 0 Å². The van der Waals surface area contributed by atoms with Gasteiger partial charge >= 0.3 is 0 Å². The quantitative estimate of drug-likeness (QED) is 0.0843. The molecule has 1 aliphatic heterocycles. The molecule has 0 aliphatic carbocycles. The molecule has 2 rings (SSSR count). The van der Waals surface area contributed by atoms with Crippen molar-refractivity contribution in [1.82, 2.24) is 37.2 Å². The molecular weight excluding hydrogens is 698 g/mol. The van der Waals surface area contributed by atoms with E-state index in [0.717, 1.165) is 12.5 Å².